The van der Waals surface area contributed by atoms with Crippen LogP contribution in [0, 0.1) is 40.4 Å². The molecule has 5 nitrogen and oxygen atoms in total. The molecule has 0 bridgehead atoms. The number of nitrogens with zero attached hydrogens (tertiary/aromatic N) is 1. The van der Waals surface area contributed by atoms with E-state index in [4.69, 9.17) is 0 Å². The quantitative estimate of drug-likeness (QED) is 0.627. The van der Waals surface area contributed by atoms with Crippen LogP contribution in [0.3, 0.4) is 0 Å². The lowest BCUT2D eigenvalue weighted by molar-refractivity contribution is -0.158. The highest BCUT2D eigenvalue weighted by atomic mass is 16.2. The van der Waals surface area contributed by atoms with Crippen LogP contribution < -0.4 is 10.6 Å². The fourth-order valence-corrected chi connectivity index (χ4v) is 8.91. The first-order valence-corrected chi connectivity index (χ1v) is 13.2. The minimum absolute atomic E-state index is 0.0463. The lowest BCUT2D eigenvalue weighted by Gasteiger charge is -2.62. The van der Waals surface area contributed by atoms with Gasteiger partial charge < -0.3 is 15.5 Å². The lowest BCUT2D eigenvalue weighted by atomic mass is 9.46. The number of hydrogen-bond donors (Lipinski definition) is 2. The van der Waals surface area contributed by atoms with E-state index in [0.29, 0.717) is 34.6 Å². The van der Waals surface area contributed by atoms with Crippen molar-refractivity contribution in [2.45, 2.75) is 104 Å². The second kappa shape index (κ2) is 8.20. The van der Waals surface area contributed by atoms with Crippen molar-refractivity contribution in [2.24, 2.45) is 40.4 Å². The van der Waals surface area contributed by atoms with Gasteiger partial charge in [0.1, 0.15) is 0 Å². The Kier molecular flexibility index (Phi) is 6.12. The second-order valence-electron chi connectivity index (χ2n) is 13.3. The number of carbonyl (C=O) groups is 2. The van der Waals surface area contributed by atoms with Crippen molar-refractivity contribution in [1.29, 1.82) is 0 Å². The maximum Gasteiger partial charge on any atom is 0.315 e. The molecule has 2 unspecified atom stereocenters. The zero-order valence-electron chi connectivity index (χ0n) is 21.6. The van der Waals surface area contributed by atoms with Gasteiger partial charge in [0.25, 0.3) is 0 Å². The van der Waals surface area contributed by atoms with Crippen molar-refractivity contribution >= 4 is 11.9 Å². The Morgan fingerprint density at radius 1 is 1.06 bits per heavy atom. The van der Waals surface area contributed by atoms with E-state index in [1.165, 1.54) is 38.5 Å². The van der Waals surface area contributed by atoms with Crippen molar-refractivity contribution in [2.75, 3.05) is 13.6 Å². The van der Waals surface area contributed by atoms with E-state index >= 15 is 0 Å². The third-order valence-corrected chi connectivity index (χ3v) is 10.4. The maximum absolute atomic E-state index is 12.4. The van der Waals surface area contributed by atoms with E-state index in [1.807, 2.05) is 27.8 Å². The summed E-state index contributed by atoms with van der Waals surface area (Å²) in [4.78, 5) is 26.8. The molecule has 32 heavy (non-hydrogen) atoms. The fraction of sp³-hybridized carbons (Fsp3) is 0.926. The van der Waals surface area contributed by atoms with E-state index in [2.05, 4.69) is 36.3 Å². The highest BCUT2D eigenvalue weighted by Crippen LogP contribution is 2.67. The number of fused-ring (bicyclic) bond motifs is 5. The molecule has 8 atom stereocenters. The number of amides is 3. The van der Waals surface area contributed by atoms with Crippen molar-refractivity contribution in [3.63, 3.8) is 0 Å². The van der Waals surface area contributed by atoms with E-state index in [1.54, 1.807) is 0 Å². The molecule has 4 rings (SSSR count). The van der Waals surface area contributed by atoms with E-state index in [-0.39, 0.29) is 11.6 Å². The topological polar surface area (TPSA) is 61.4 Å². The van der Waals surface area contributed by atoms with Gasteiger partial charge in [-0.2, -0.15) is 0 Å². The second-order valence-corrected chi connectivity index (χ2v) is 13.3. The summed E-state index contributed by atoms with van der Waals surface area (Å²) in [7, 11) is 2.05. The van der Waals surface area contributed by atoms with Gasteiger partial charge >= 0.3 is 6.03 Å². The number of piperidine rings is 1. The summed E-state index contributed by atoms with van der Waals surface area (Å²) in [6.45, 7) is 14.2. The Bertz CT molecular complexity index is 746. The molecule has 1 heterocycles. The molecule has 4 fully saturated rings. The van der Waals surface area contributed by atoms with Crippen LogP contribution in [0.25, 0.3) is 0 Å². The van der Waals surface area contributed by atoms with Crippen molar-refractivity contribution < 1.29 is 9.59 Å². The van der Waals surface area contributed by atoms with Gasteiger partial charge in [0.2, 0.25) is 5.91 Å². The summed E-state index contributed by atoms with van der Waals surface area (Å²) in [6, 6.07) is 0.394. The Balaban J connectivity index is 1.44. The molecule has 5 heteroatoms. The number of likely N-dealkylation sites (tertiary alicyclic amines) is 1. The maximum atomic E-state index is 12.4. The van der Waals surface area contributed by atoms with E-state index in [9.17, 15) is 9.59 Å². The average molecular weight is 446 g/mol. The molecule has 3 saturated carbocycles. The Labute approximate surface area is 195 Å². The molecule has 1 aliphatic heterocycles. The minimum Gasteiger partial charge on any atom is -0.342 e. The van der Waals surface area contributed by atoms with Crippen LogP contribution in [0.1, 0.15) is 92.9 Å². The summed E-state index contributed by atoms with van der Waals surface area (Å²) in [5, 5.41) is 6.18. The van der Waals surface area contributed by atoms with E-state index < -0.39 is 0 Å². The zero-order chi connectivity index (χ0) is 23.5. The summed E-state index contributed by atoms with van der Waals surface area (Å²) in [5.41, 5.74) is 0.481. The van der Waals surface area contributed by atoms with Crippen LogP contribution in [0.15, 0.2) is 0 Å². The Morgan fingerprint density at radius 2 is 1.75 bits per heavy atom. The summed E-state index contributed by atoms with van der Waals surface area (Å²) < 4.78 is 0. The molecule has 0 aromatic carbocycles. The first kappa shape index (κ1) is 23.9. The number of nitrogens with one attached hydrogen (secondary N) is 2. The van der Waals surface area contributed by atoms with Gasteiger partial charge in [-0.25, -0.2) is 4.79 Å². The number of urea groups is 1. The van der Waals surface area contributed by atoms with Crippen LogP contribution in [0.5, 0.6) is 0 Å². The highest BCUT2D eigenvalue weighted by molar-refractivity contribution is 5.77. The van der Waals surface area contributed by atoms with E-state index in [0.717, 1.165) is 37.1 Å². The van der Waals surface area contributed by atoms with Gasteiger partial charge in [-0.1, -0.05) is 20.8 Å². The van der Waals surface area contributed by atoms with Crippen LogP contribution in [-0.2, 0) is 4.79 Å². The number of hydrogen-bond acceptors (Lipinski definition) is 2. The van der Waals surface area contributed by atoms with Gasteiger partial charge in [0, 0.05) is 31.6 Å². The predicted octanol–water partition coefficient (Wildman–Crippen LogP) is 5.20. The first-order valence-electron chi connectivity index (χ1n) is 13.2. The van der Waals surface area contributed by atoms with Crippen LogP contribution in [-0.4, -0.2) is 42.0 Å². The normalized spacial score (nSPS) is 42.5. The molecule has 0 spiro atoms. The molecular weight excluding hydrogens is 398 g/mol. The molecule has 0 aromatic rings. The largest absolute Gasteiger partial charge is 0.342 e. The van der Waals surface area contributed by atoms with Crippen molar-refractivity contribution in [3.8, 4) is 0 Å². The molecule has 4 aliphatic rings. The van der Waals surface area contributed by atoms with Crippen LogP contribution in [0.4, 0.5) is 4.79 Å². The summed E-state index contributed by atoms with van der Waals surface area (Å²) >= 11 is 0. The Hall–Kier alpha value is -1.26. The monoisotopic (exact) mass is 445 g/mol. The molecule has 0 radical (unpaired) electrons. The summed E-state index contributed by atoms with van der Waals surface area (Å²) in [6.07, 6.45) is 9.55. The highest BCUT2D eigenvalue weighted by Gasteiger charge is 2.61. The standard InChI is InChI=1S/C27H47N3O2/c1-17(16-28-24(32)29-25(2,3)4)19-9-10-20-18-8-11-22-27(6,15-13-23(31)30(22)7)21(18)12-14-26(19,20)5/h17-22H,8-16H2,1-7H3,(H2,28,29,32)/t17?,18-,19+,20-,21-,22?,26+,27+/m0/s1. The molecule has 0 aromatic heterocycles. The van der Waals surface area contributed by atoms with Gasteiger partial charge in [-0.05, 0) is 106 Å². The van der Waals surface area contributed by atoms with Gasteiger partial charge in [0.05, 0.1) is 0 Å². The first-order chi connectivity index (χ1) is 14.9. The third-order valence-electron chi connectivity index (χ3n) is 10.4. The Morgan fingerprint density at radius 3 is 2.44 bits per heavy atom. The molecule has 2 N–H and O–H groups in total. The predicted molar refractivity (Wildman–Crippen MR) is 129 cm³/mol. The fourth-order valence-electron chi connectivity index (χ4n) is 8.91. The zero-order valence-corrected chi connectivity index (χ0v) is 21.6. The van der Waals surface area contributed by atoms with Crippen LogP contribution in [0.2, 0.25) is 0 Å². The third kappa shape index (κ3) is 3.96. The summed E-state index contributed by atoms with van der Waals surface area (Å²) in [5.74, 6) is 3.91. The SMILES string of the molecule is CC(CNC(=O)NC(C)(C)C)[C@H]1CC[C@H]2[C@@H]3CCC4N(C)C(=O)CC[C@]4(C)[C@H]3CC[C@]12C. The molecule has 1 saturated heterocycles. The number of rotatable bonds is 3. The molecule has 3 aliphatic carbocycles. The lowest BCUT2D eigenvalue weighted by Crippen LogP contribution is -2.61. The molecule has 3 amide bonds. The van der Waals surface area contributed by atoms with Gasteiger partial charge in [-0.15, -0.1) is 0 Å². The minimum atomic E-state index is -0.205. The smallest absolute Gasteiger partial charge is 0.315 e. The van der Waals surface area contributed by atoms with Gasteiger partial charge in [0.15, 0.2) is 0 Å². The van der Waals surface area contributed by atoms with Crippen molar-refractivity contribution in [1.82, 2.24) is 15.5 Å². The molecule has 182 valence electrons. The average Bonchev–Trinajstić information content (AvgIpc) is 3.05. The van der Waals surface area contributed by atoms with Gasteiger partial charge in [-0.3, -0.25) is 4.79 Å². The van der Waals surface area contributed by atoms with Crippen LogP contribution >= 0.6 is 0 Å². The number of carbonyl (C=O) groups excluding carboxylic acids is 2. The van der Waals surface area contributed by atoms with Crippen molar-refractivity contribution in [3.05, 3.63) is 0 Å². The molecular formula is C27H47N3O2.